The Kier molecular flexibility index (Phi) is 17.4. The van der Waals surface area contributed by atoms with Crippen molar-refractivity contribution in [3.05, 3.63) is 144 Å². The number of hydrogen-bond donors (Lipinski definition) is 6. The zero-order chi connectivity index (χ0) is 45.0. The molecule has 0 bridgehead atoms. The van der Waals surface area contributed by atoms with Crippen LogP contribution in [0.25, 0.3) is 0 Å². The standard InChI is InChI=1S/C48H59NO15/c1-29-41(57-25-32-17-9-4-10-18-32)44(58-26-33-19-11-5-12-20-33)45(59-27-34-21-13-6-14-22-34)48(60-29)63-42-36(28-56-24-31-15-7-3-8-16-31)61-46(55)37(49-30(2)51)43(42)64-47-40(54)39(53)38(52)35(23-50)62-47/h3-22,29,35-48,50,52-55H,23-28H2,1-2H3,(H,49,51)/t29-,35+,36+,37+,38-,39-,40+,41+,42+,43+,44+,45-,46?,47-,48-/m0/s1. The molecular formula is C48H59NO15. The van der Waals surface area contributed by atoms with Crippen molar-refractivity contribution in [2.24, 2.45) is 0 Å². The first kappa shape index (κ1) is 47.7. The van der Waals surface area contributed by atoms with Crippen LogP contribution in [0.3, 0.4) is 0 Å². The van der Waals surface area contributed by atoms with E-state index in [0.29, 0.717) is 0 Å². The van der Waals surface area contributed by atoms with E-state index < -0.39 is 105 Å². The third-order valence-electron chi connectivity index (χ3n) is 11.4. The summed E-state index contributed by atoms with van der Waals surface area (Å²) in [4.78, 5) is 12.7. The number of aliphatic hydroxyl groups is 5. The number of nitrogens with one attached hydrogen (secondary N) is 1. The first-order valence-corrected chi connectivity index (χ1v) is 21.6. The summed E-state index contributed by atoms with van der Waals surface area (Å²) >= 11 is 0. The van der Waals surface area contributed by atoms with E-state index in [-0.39, 0.29) is 33.0 Å². The lowest BCUT2D eigenvalue weighted by Crippen LogP contribution is -2.69. The molecule has 346 valence electrons. The Morgan fingerprint density at radius 2 is 1.03 bits per heavy atom. The molecule has 15 atom stereocenters. The second kappa shape index (κ2) is 23.3. The van der Waals surface area contributed by atoms with Crippen LogP contribution in [0.1, 0.15) is 36.1 Å². The molecule has 3 fully saturated rings. The van der Waals surface area contributed by atoms with Crippen molar-refractivity contribution in [1.29, 1.82) is 0 Å². The first-order valence-electron chi connectivity index (χ1n) is 21.6. The van der Waals surface area contributed by atoms with Gasteiger partial charge in [-0.05, 0) is 29.2 Å². The largest absolute Gasteiger partial charge is 0.394 e. The van der Waals surface area contributed by atoms with Crippen molar-refractivity contribution in [3.8, 4) is 0 Å². The van der Waals surface area contributed by atoms with Crippen LogP contribution in [0.4, 0.5) is 0 Å². The van der Waals surface area contributed by atoms with Crippen molar-refractivity contribution >= 4 is 5.91 Å². The van der Waals surface area contributed by atoms with E-state index >= 15 is 0 Å². The predicted octanol–water partition coefficient (Wildman–Crippen LogP) is 2.50. The third kappa shape index (κ3) is 12.4. The van der Waals surface area contributed by atoms with Crippen molar-refractivity contribution in [1.82, 2.24) is 5.32 Å². The molecule has 3 aliphatic rings. The van der Waals surface area contributed by atoms with Gasteiger partial charge in [0.15, 0.2) is 18.9 Å². The lowest BCUT2D eigenvalue weighted by atomic mass is 9.94. The van der Waals surface area contributed by atoms with Crippen molar-refractivity contribution < 1.29 is 73.0 Å². The fourth-order valence-electron chi connectivity index (χ4n) is 8.10. The van der Waals surface area contributed by atoms with E-state index in [4.69, 9.17) is 42.6 Å². The summed E-state index contributed by atoms with van der Waals surface area (Å²) in [7, 11) is 0. The normalized spacial score (nSPS) is 33.1. The highest BCUT2D eigenvalue weighted by Gasteiger charge is 2.55. The maximum Gasteiger partial charge on any atom is 0.217 e. The van der Waals surface area contributed by atoms with Crippen molar-refractivity contribution in [2.45, 2.75) is 132 Å². The van der Waals surface area contributed by atoms with Crippen molar-refractivity contribution in [2.75, 3.05) is 13.2 Å². The average Bonchev–Trinajstić information content (AvgIpc) is 3.31. The predicted molar refractivity (Wildman–Crippen MR) is 227 cm³/mol. The molecule has 4 aromatic carbocycles. The molecule has 16 heteroatoms. The van der Waals surface area contributed by atoms with Gasteiger partial charge in [0.1, 0.15) is 67.1 Å². The minimum atomic E-state index is -1.84. The SMILES string of the molecule is CC(=O)N[C@H]1C(O)O[C@H](COCc2ccccc2)[C@@H](O[C@@H]2O[C@@H](C)[C@@H](OCc3ccccc3)[C@@H](OCc3ccccc3)[C@@H]2OCc2ccccc2)[C@@H]1O[C@@H]1O[C@H](CO)[C@H](O)[C@H](O)[C@H]1O. The minimum Gasteiger partial charge on any atom is -0.394 e. The molecular weight excluding hydrogens is 831 g/mol. The van der Waals surface area contributed by atoms with E-state index in [1.807, 2.05) is 128 Å². The molecule has 3 saturated heterocycles. The van der Waals surface area contributed by atoms with E-state index in [9.17, 15) is 30.3 Å². The van der Waals surface area contributed by atoms with Gasteiger partial charge in [-0.1, -0.05) is 121 Å². The summed E-state index contributed by atoms with van der Waals surface area (Å²) in [6.45, 7) is 2.88. The molecule has 3 heterocycles. The van der Waals surface area contributed by atoms with Gasteiger partial charge >= 0.3 is 0 Å². The van der Waals surface area contributed by atoms with Crippen LogP contribution in [0, 0.1) is 0 Å². The van der Waals surface area contributed by atoms with Crippen LogP contribution in [0.15, 0.2) is 121 Å². The van der Waals surface area contributed by atoms with Gasteiger partial charge in [-0.15, -0.1) is 0 Å². The van der Waals surface area contributed by atoms with Crippen LogP contribution >= 0.6 is 0 Å². The highest BCUT2D eigenvalue weighted by atomic mass is 16.8. The Bertz CT molecular complexity index is 1970. The second-order valence-corrected chi connectivity index (χ2v) is 16.2. The van der Waals surface area contributed by atoms with Crippen LogP contribution < -0.4 is 5.32 Å². The van der Waals surface area contributed by atoms with E-state index in [2.05, 4.69) is 5.32 Å². The number of aliphatic hydroxyl groups excluding tert-OH is 5. The zero-order valence-corrected chi connectivity index (χ0v) is 35.8. The van der Waals surface area contributed by atoms with Crippen LogP contribution in [0.2, 0.25) is 0 Å². The topological polar surface area (TPSA) is 213 Å². The minimum absolute atomic E-state index is 0.114. The molecule has 0 spiro atoms. The number of benzene rings is 4. The van der Waals surface area contributed by atoms with Crippen molar-refractivity contribution in [3.63, 3.8) is 0 Å². The third-order valence-corrected chi connectivity index (χ3v) is 11.4. The number of hydrogen-bond acceptors (Lipinski definition) is 15. The van der Waals surface area contributed by atoms with Gasteiger partial charge < -0.3 is 73.5 Å². The fourth-order valence-corrected chi connectivity index (χ4v) is 8.10. The zero-order valence-electron chi connectivity index (χ0n) is 35.8. The van der Waals surface area contributed by atoms with E-state index in [1.54, 1.807) is 0 Å². The summed E-state index contributed by atoms with van der Waals surface area (Å²) < 4.78 is 58.4. The maximum atomic E-state index is 12.7. The highest BCUT2D eigenvalue weighted by Crippen LogP contribution is 2.36. The summed E-state index contributed by atoms with van der Waals surface area (Å²) in [5, 5.41) is 56.7. The quantitative estimate of drug-likeness (QED) is 0.0799. The van der Waals surface area contributed by atoms with Gasteiger partial charge in [-0.2, -0.15) is 0 Å². The molecule has 1 unspecified atom stereocenters. The molecule has 4 aromatic rings. The Morgan fingerprint density at radius 1 is 0.547 bits per heavy atom. The Labute approximate surface area is 372 Å². The maximum absolute atomic E-state index is 12.7. The molecule has 6 N–H and O–H groups in total. The smallest absolute Gasteiger partial charge is 0.217 e. The molecule has 0 radical (unpaired) electrons. The number of amides is 1. The van der Waals surface area contributed by atoms with Crippen LogP contribution in [-0.4, -0.2) is 137 Å². The number of rotatable bonds is 19. The Morgan fingerprint density at radius 3 is 1.55 bits per heavy atom. The second-order valence-electron chi connectivity index (χ2n) is 16.2. The summed E-state index contributed by atoms with van der Waals surface area (Å²) in [6.07, 6.45) is -18.4. The molecule has 0 aromatic heterocycles. The molecule has 0 aliphatic carbocycles. The Hall–Kier alpha value is -4.21. The molecule has 64 heavy (non-hydrogen) atoms. The van der Waals surface area contributed by atoms with Gasteiger partial charge in [-0.25, -0.2) is 0 Å². The fraction of sp³-hybridized carbons (Fsp3) is 0.479. The van der Waals surface area contributed by atoms with E-state index in [0.717, 1.165) is 22.3 Å². The van der Waals surface area contributed by atoms with Gasteiger partial charge in [0.2, 0.25) is 5.91 Å². The first-order chi connectivity index (χ1) is 31.1. The van der Waals surface area contributed by atoms with Crippen LogP contribution in [0.5, 0.6) is 0 Å². The van der Waals surface area contributed by atoms with Gasteiger partial charge in [0.05, 0.1) is 45.7 Å². The molecule has 16 nitrogen and oxygen atoms in total. The van der Waals surface area contributed by atoms with E-state index in [1.165, 1.54) is 6.92 Å². The van der Waals surface area contributed by atoms with Gasteiger partial charge in [0.25, 0.3) is 0 Å². The summed E-state index contributed by atoms with van der Waals surface area (Å²) in [5.41, 5.74) is 3.55. The number of ether oxygens (including phenoxy) is 9. The summed E-state index contributed by atoms with van der Waals surface area (Å²) in [5.74, 6) is -0.563. The lowest BCUT2D eigenvalue weighted by Gasteiger charge is -2.50. The molecule has 1 amide bonds. The lowest BCUT2D eigenvalue weighted by molar-refractivity contribution is -0.377. The summed E-state index contributed by atoms with van der Waals surface area (Å²) in [6, 6.07) is 36.9. The van der Waals surface area contributed by atoms with Gasteiger partial charge in [-0.3, -0.25) is 4.79 Å². The van der Waals surface area contributed by atoms with Crippen LogP contribution in [-0.2, 0) is 73.9 Å². The average molecular weight is 890 g/mol. The highest BCUT2D eigenvalue weighted by molar-refractivity contribution is 5.73. The van der Waals surface area contributed by atoms with Gasteiger partial charge in [0, 0.05) is 6.92 Å². The molecule has 0 saturated carbocycles. The Balaban J connectivity index is 1.26. The number of carbonyl (C=O) groups is 1. The number of carbonyl (C=O) groups excluding carboxylic acids is 1. The monoisotopic (exact) mass is 889 g/mol. The molecule has 7 rings (SSSR count). The molecule has 3 aliphatic heterocycles.